The van der Waals surface area contributed by atoms with Crippen LogP contribution in [0.1, 0.15) is 6.92 Å². The summed E-state index contributed by atoms with van der Waals surface area (Å²) in [6.07, 6.45) is 0. The Kier molecular flexibility index (Phi) is 5.37. The molecule has 1 aliphatic heterocycles. The quantitative estimate of drug-likeness (QED) is 0.619. The number of aryl methyl sites for hydroxylation is 1. The number of methoxy groups -OCH3 is 1. The molecule has 154 valence electrons. The highest BCUT2D eigenvalue weighted by Crippen LogP contribution is 2.30. The first-order valence-electron chi connectivity index (χ1n) is 9.47. The predicted molar refractivity (Wildman–Crippen MR) is 116 cm³/mol. The van der Waals surface area contributed by atoms with Crippen molar-refractivity contribution in [3.05, 3.63) is 52.1 Å². The molecule has 2 aromatic carbocycles. The summed E-state index contributed by atoms with van der Waals surface area (Å²) >= 11 is 1.08. The fourth-order valence-corrected chi connectivity index (χ4v) is 6.23. The van der Waals surface area contributed by atoms with Crippen molar-refractivity contribution in [2.75, 3.05) is 38.2 Å². The zero-order valence-electron chi connectivity index (χ0n) is 16.4. The Bertz CT molecular complexity index is 1190. The standard InChI is InChI=1S/C20H23N3O4S2/c1-3-23-17-9-8-15(14-19(17)28-20(23)24)29(25,26)22-12-10-21(11-13-22)16-6-4-5-7-18(16)27-2/h4-9,14H,3,10-13H2,1-2H3. The summed E-state index contributed by atoms with van der Waals surface area (Å²) in [6.45, 7) is 4.42. The summed E-state index contributed by atoms with van der Waals surface area (Å²) < 4.78 is 35.6. The molecule has 29 heavy (non-hydrogen) atoms. The number of rotatable bonds is 5. The van der Waals surface area contributed by atoms with Crippen molar-refractivity contribution in [1.82, 2.24) is 8.87 Å². The number of nitrogens with zero attached hydrogens (tertiary/aromatic N) is 3. The van der Waals surface area contributed by atoms with E-state index in [9.17, 15) is 13.2 Å². The smallest absolute Gasteiger partial charge is 0.308 e. The maximum Gasteiger partial charge on any atom is 0.308 e. The molecule has 7 nitrogen and oxygen atoms in total. The molecule has 0 aliphatic carbocycles. The summed E-state index contributed by atoms with van der Waals surface area (Å²) in [5, 5.41) is 0. The Morgan fingerprint density at radius 3 is 2.48 bits per heavy atom. The lowest BCUT2D eigenvalue weighted by atomic mass is 10.2. The van der Waals surface area contributed by atoms with Crippen molar-refractivity contribution in [3.63, 3.8) is 0 Å². The van der Waals surface area contributed by atoms with Crippen LogP contribution in [0.4, 0.5) is 5.69 Å². The van der Waals surface area contributed by atoms with Crippen LogP contribution in [0, 0.1) is 0 Å². The lowest BCUT2D eigenvalue weighted by Crippen LogP contribution is -2.48. The third kappa shape index (κ3) is 3.54. The number of fused-ring (bicyclic) bond motifs is 1. The van der Waals surface area contributed by atoms with Crippen molar-refractivity contribution in [1.29, 1.82) is 0 Å². The van der Waals surface area contributed by atoms with Crippen molar-refractivity contribution < 1.29 is 13.2 Å². The number of aromatic nitrogens is 1. The van der Waals surface area contributed by atoms with Crippen LogP contribution < -0.4 is 14.5 Å². The van der Waals surface area contributed by atoms with Crippen LogP contribution in [0.3, 0.4) is 0 Å². The molecule has 0 atom stereocenters. The summed E-state index contributed by atoms with van der Waals surface area (Å²) in [5.41, 5.74) is 1.75. The largest absolute Gasteiger partial charge is 0.495 e. The number of thiazole rings is 1. The van der Waals surface area contributed by atoms with Gasteiger partial charge in [-0.2, -0.15) is 4.31 Å². The number of piperazine rings is 1. The van der Waals surface area contributed by atoms with Gasteiger partial charge in [-0.25, -0.2) is 8.42 Å². The van der Waals surface area contributed by atoms with Gasteiger partial charge in [-0.15, -0.1) is 0 Å². The summed E-state index contributed by atoms with van der Waals surface area (Å²) in [5.74, 6) is 0.782. The van der Waals surface area contributed by atoms with Crippen LogP contribution in [0.25, 0.3) is 10.2 Å². The molecular formula is C20H23N3O4S2. The number of hydrogen-bond donors (Lipinski definition) is 0. The average molecular weight is 434 g/mol. The van der Waals surface area contributed by atoms with Gasteiger partial charge < -0.3 is 9.64 Å². The molecule has 0 spiro atoms. The summed E-state index contributed by atoms with van der Waals surface area (Å²) in [7, 11) is -1.98. The van der Waals surface area contributed by atoms with E-state index in [1.165, 1.54) is 4.31 Å². The van der Waals surface area contributed by atoms with Crippen LogP contribution in [-0.4, -0.2) is 50.6 Å². The molecule has 0 bridgehead atoms. The highest BCUT2D eigenvalue weighted by Gasteiger charge is 2.29. The molecule has 3 aromatic rings. The average Bonchev–Trinajstić information content (AvgIpc) is 3.07. The predicted octanol–water partition coefficient (Wildman–Crippen LogP) is 2.60. The van der Waals surface area contributed by atoms with E-state index in [1.807, 2.05) is 31.2 Å². The maximum atomic E-state index is 13.2. The van der Waals surface area contributed by atoms with Gasteiger partial charge in [0, 0.05) is 32.7 Å². The third-order valence-electron chi connectivity index (χ3n) is 5.26. The molecule has 4 rings (SSSR count). The minimum atomic E-state index is -3.61. The molecule has 0 amide bonds. The first kappa shape index (κ1) is 19.9. The Hall–Kier alpha value is -2.36. The third-order valence-corrected chi connectivity index (χ3v) is 8.09. The van der Waals surface area contributed by atoms with Gasteiger partial charge in [0.1, 0.15) is 5.75 Å². The zero-order chi connectivity index (χ0) is 20.6. The summed E-state index contributed by atoms with van der Waals surface area (Å²) in [6, 6.07) is 12.7. The lowest BCUT2D eigenvalue weighted by Gasteiger charge is -2.35. The van der Waals surface area contributed by atoms with Crippen molar-refractivity contribution in [2.24, 2.45) is 0 Å². The number of para-hydroxylation sites is 2. The number of anilines is 1. The van der Waals surface area contributed by atoms with Gasteiger partial charge in [0.25, 0.3) is 0 Å². The molecule has 1 saturated heterocycles. The van der Waals surface area contributed by atoms with Crippen LogP contribution >= 0.6 is 11.3 Å². The molecule has 2 heterocycles. The molecule has 1 aromatic heterocycles. The fourth-order valence-electron chi connectivity index (χ4n) is 3.72. The SMILES string of the molecule is CCn1c(=O)sc2cc(S(=O)(=O)N3CCN(c4ccccc4OC)CC3)ccc21. The van der Waals surface area contributed by atoms with E-state index >= 15 is 0 Å². The molecule has 0 unspecified atom stereocenters. The number of hydrogen-bond acceptors (Lipinski definition) is 6. The van der Waals surface area contributed by atoms with Crippen molar-refractivity contribution in [3.8, 4) is 5.75 Å². The van der Waals surface area contributed by atoms with E-state index in [1.54, 1.807) is 29.9 Å². The Labute approximate surface area is 173 Å². The van der Waals surface area contributed by atoms with E-state index in [0.29, 0.717) is 37.4 Å². The van der Waals surface area contributed by atoms with Gasteiger partial charge in [-0.3, -0.25) is 9.36 Å². The molecule has 1 fully saturated rings. The molecule has 1 aliphatic rings. The zero-order valence-corrected chi connectivity index (χ0v) is 18.0. The normalized spacial score (nSPS) is 15.7. The second kappa shape index (κ2) is 7.81. The first-order chi connectivity index (χ1) is 14.0. The van der Waals surface area contributed by atoms with Crippen LogP contribution in [-0.2, 0) is 16.6 Å². The molecule has 0 radical (unpaired) electrons. The van der Waals surface area contributed by atoms with E-state index in [4.69, 9.17) is 4.74 Å². The Balaban J connectivity index is 1.56. The van der Waals surface area contributed by atoms with Crippen LogP contribution in [0.15, 0.2) is 52.2 Å². The molecular weight excluding hydrogens is 410 g/mol. The topological polar surface area (TPSA) is 71.9 Å². The second-order valence-electron chi connectivity index (χ2n) is 6.80. The minimum absolute atomic E-state index is 0.0672. The second-order valence-corrected chi connectivity index (χ2v) is 9.74. The Morgan fingerprint density at radius 2 is 1.79 bits per heavy atom. The maximum absolute atomic E-state index is 13.2. The van der Waals surface area contributed by atoms with Gasteiger partial charge >= 0.3 is 4.87 Å². The highest BCUT2D eigenvalue weighted by molar-refractivity contribution is 7.89. The van der Waals surface area contributed by atoms with Crippen LogP contribution in [0.2, 0.25) is 0 Å². The molecule has 0 N–H and O–H groups in total. The van der Waals surface area contributed by atoms with E-state index in [0.717, 1.165) is 28.3 Å². The molecule has 9 heteroatoms. The monoisotopic (exact) mass is 433 g/mol. The van der Waals surface area contributed by atoms with E-state index < -0.39 is 10.0 Å². The van der Waals surface area contributed by atoms with Gasteiger partial charge in [-0.1, -0.05) is 23.5 Å². The van der Waals surface area contributed by atoms with E-state index in [-0.39, 0.29) is 9.77 Å². The molecule has 0 saturated carbocycles. The highest BCUT2D eigenvalue weighted by atomic mass is 32.2. The first-order valence-corrected chi connectivity index (χ1v) is 11.7. The van der Waals surface area contributed by atoms with Gasteiger partial charge in [0.05, 0.1) is 27.9 Å². The van der Waals surface area contributed by atoms with Crippen molar-refractivity contribution >= 4 is 37.3 Å². The van der Waals surface area contributed by atoms with E-state index in [2.05, 4.69) is 4.90 Å². The van der Waals surface area contributed by atoms with Crippen molar-refractivity contribution in [2.45, 2.75) is 18.4 Å². The number of sulfonamides is 1. The van der Waals surface area contributed by atoms with Crippen LogP contribution in [0.5, 0.6) is 5.75 Å². The summed E-state index contributed by atoms with van der Waals surface area (Å²) in [4.78, 5) is 14.4. The fraction of sp³-hybridized carbons (Fsp3) is 0.350. The van der Waals surface area contributed by atoms with Gasteiger partial charge in [0.2, 0.25) is 10.0 Å². The van der Waals surface area contributed by atoms with Gasteiger partial charge in [-0.05, 0) is 37.3 Å². The minimum Gasteiger partial charge on any atom is -0.495 e. The number of ether oxygens (including phenoxy) is 1. The Morgan fingerprint density at radius 1 is 1.07 bits per heavy atom. The number of benzene rings is 2. The lowest BCUT2D eigenvalue weighted by molar-refractivity contribution is 0.378. The van der Waals surface area contributed by atoms with Gasteiger partial charge in [0.15, 0.2) is 0 Å².